The zero-order valence-electron chi connectivity index (χ0n) is 16.6. The van der Waals surface area contributed by atoms with E-state index in [2.05, 4.69) is 0 Å². The van der Waals surface area contributed by atoms with Crippen molar-refractivity contribution in [1.29, 1.82) is 0 Å². The topological polar surface area (TPSA) is 55.8 Å². The van der Waals surface area contributed by atoms with Crippen LogP contribution in [0, 0.1) is 0 Å². The van der Waals surface area contributed by atoms with Gasteiger partial charge in [0, 0.05) is 11.6 Å². The van der Waals surface area contributed by atoms with E-state index < -0.39 is 17.7 Å². The molecule has 150 valence electrons. The second-order valence-electron chi connectivity index (χ2n) is 7.49. The number of nitrogens with zero attached hydrogens (tertiary/aromatic N) is 1. The Morgan fingerprint density at radius 1 is 1.14 bits per heavy atom. The van der Waals surface area contributed by atoms with Gasteiger partial charge in [-0.1, -0.05) is 35.9 Å². The lowest BCUT2D eigenvalue weighted by molar-refractivity contribution is -0.112. The van der Waals surface area contributed by atoms with E-state index in [1.54, 1.807) is 40.0 Å². The Balaban J connectivity index is 2.28. The summed E-state index contributed by atoms with van der Waals surface area (Å²) < 4.78 is 10.7. The van der Waals surface area contributed by atoms with Crippen molar-refractivity contribution in [2.75, 3.05) is 7.11 Å². The summed E-state index contributed by atoms with van der Waals surface area (Å²) in [6.07, 6.45) is 0.579. The standard InChI is InChI=1S/C22H26ClNO4/c1-22(2,3)28-21(26)24(14-16-8-10-20(27-4)11-9-16)19(15-25)13-17-6-5-7-18(23)12-17/h5-12,15,19H,13-14H2,1-4H3/t19-/m0/s1. The molecule has 2 aromatic rings. The SMILES string of the molecule is COc1ccc(CN(C(=O)OC(C)(C)C)[C@H](C=O)Cc2cccc(Cl)c2)cc1. The first kappa shape index (κ1) is 21.8. The number of rotatable bonds is 7. The van der Waals surface area contributed by atoms with Crippen LogP contribution < -0.4 is 4.74 Å². The molecular formula is C22H26ClNO4. The summed E-state index contributed by atoms with van der Waals surface area (Å²) >= 11 is 6.05. The smallest absolute Gasteiger partial charge is 0.411 e. The molecule has 0 saturated carbocycles. The van der Waals surface area contributed by atoms with Crippen molar-refractivity contribution < 1.29 is 19.1 Å². The van der Waals surface area contributed by atoms with Gasteiger partial charge in [0.25, 0.3) is 0 Å². The fourth-order valence-corrected chi connectivity index (χ4v) is 2.92. The Kier molecular flexibility index (Phi) is 7.46. The second kappa shape index (κ2) is 9.60. The molecule has 0 fully saturated rings. The molecule has 0 unspecified atom stereocenters. The van der Waals surface area contributed by atoms with Crippen LogP contribution in [0.2, 0.25) is 5.02 Å². The average molecular weight is 404 g/mol. The lowest BCUT2D eigenvalue weighted by Crippen LogP contribution is -2.44. The van der Waals surface area contributed by atoms with Gasteiger partial charge in [0.1, 0.15) is 17.6 Å². The number of hydrogen-bond donors (Lipinski definition) is 0. The average Bonchev–Trinajstić information content (AvgIpc) is 2.63. The molecule has 0 aromatic heterocycles. The van der Waals surface area contributed by atoms with Crippen molar-refractivity contribution in [3.8, 4) is 5.75 Å². The van der Waals surface area contributed by atoms with Gasteiger partial charge in [-0.25, -0.2) is 4.79 Å². The van der Waals surface area contributed by atoms with Crippen LogP contribution in [-0.4, -0.2) is 36.0 Å². The molecule has 0 aliphatic carbocycles. The molecule has 0 heterocycles. The molecular weight excluding hydrogens is 378 g/mol. The Bertz CT molecular complexity index is 799. The number of methoxy groups -OCH3 is 1. The van der Waals surface area contributed by atoms with E-state index in [4.69, 9.17) is 21.1 Å². The molecule has 28 heavy (non-hydrogen) atoms. The number of ether oxygens (including phenoxy) is 2. The Labute approximate surface area is 171 Å². The van der Waals surface area contributed by atoms with Crippen LogP contribution >= 0.6 is 11.6 Å². The van der Waals surface area contributed by atoms with Crippen molar-refractivity contribution >= 4 is 24.0 Å². The van der Waals surface area contributed by atoms with Gasteiger partial charge in [0.15, 0.2) is 0 Å². The van der Waals surface area contributed by atoms with Gasteiger partial charge in [-0.15, -0.1) is 0 Å². The minimum Gasteiger partial charge on any atom is -0.497 e. The van der Waals surface area contributed by atoms with Crippen molar-refractivity contribution in [2.45, 2.75) is 45.4 Å². The zero-order valence-corrected chi connectivity index (χ0v) is 17.4. The van der Waals surface area contributed by atoms with E-state index in [9.17, 15) is 9.59 Å². The second-order valence-corrected chi connectivity index (χ2v) is 7.93. The predicted octanol–water partition coefficient (Wildman–Crippen LogP) is 4.90. The first-order chi connectivity index (χ1) is 13.2. The highest BCUT2D eigenvalue weighted by atomic mass is 35.5. The van der Waals surface area contributed by atoms with Crippen LogP contribution in [0.4, 0.5) is 4.79 Å². The molecule has 6 heteroatoms. The molecule has 1 amide bonds. The number of hydrogen-bond acceptors (Lipinski definition) is 4. The third-order valence-electron chi connectivity index (χ3n) is 4.03. The first-order valence-electron chi connectivity index (χ1n) is 9.04. The summed E-state index contributed by atoms with van der Waals surface area (Å²) in [7, 11) is 1.59. The molecule has 0 spiro atoms. The summed E-state index contributed by atoms with van der Waals surface area (Å²) in [5.41, 5.74) is 1.07. The molecule has 0 radical (unpaired) electrons. The number of aldehydes is 1. The highest BCUT2D eigenvalue weighted by molar-refractivity contribution is 6.30. The lowest BCUT2D eigenvalue weighted by atomic mass is 10.0. The highest BCUT2D eigenvalue weighted by Gasteiger charge is 2.28. The fraction of sp³-hybridized carbons (Fsp3) is 0.364. The molecule has 1 atom stereocenters. The summed E-state index contributed by atoms with van der Waals surface area (Å²) in [5, 5.41) is 0.584. The first-order valence-corrected chi connectivity index (χ1v) is 9.42. The van der Waals surface area contributed by atoms with Gasteiger partial charge in [-0.05, 0) is 62.6 Å². The van der Waals surface area contributed by atoms with Crippen LogP contribution in [0.3, 0.4) is 0 Å². The molecule has 0 N–H and O–H groups in total. The zero-order chi connectivity index (χ0) is 20.7. The maximum atomic E-state index is 12.8. The van der Waals surface area contributed by atoms with Crippen LogP contribution in [0.1, 0.15) is 31.9 Å². The third kappa shape index (κ3) is 6.57. The van der Waals surface area contributed by atoms with Gasteiger partial charge >= 0.3 is 6.09 Å². The van der Waals surface area contributed by atoms with Crippen LogP contribution in [0.5, 0.6) is 5.75 Å². The number of amides is 1. The van der Waals surface area contributed by atoms with Gasteiger partial charge < -0.3 is 14.3 Å². The van der Waals surface area contributed by atoms with Crippen molar-refractivity contribution in [1.82, 2.24) is 4.90 Å². The number of benzene rings is 2. The molecule has 2 aromatic carbocycles. The minimum atomic E-state index is -0.685. The van der Waals surface area contributed by atoms with E-state index in [1.807, 2.05) is 36.4 Å². The van der Waals surface area contributed by atoms with Gasteiger partial charge in [0.05, 0.1) is 13.2 Å². The summed E-state index contributed by atoms with van der Waals surface area (Å²) in [5.74, 6) is 0.721. The lowest BCUT2D eigenvalue weighted by Gasteiger charge is -2.31. The van der Waals surface area contributed by atoms with E-state index in [-0.39, 0.29) is 6.54 Å². The van der Waals surface area contributed by atoms with Crippen molar-refractivity contribution in [2.24, 2.45) is 0 Å². The predicted molar refractivity (Wildman–Crippen MR) is 110 cm³/mol. The monoisotopic (exact) mass is 403 g/mol. The maximum absolute atomic E-state index is 12.8. The Hall–Kier alpha value is -2.53. The van der Waals surface area contributed by atoms with Gasteiger partial charge in [-0.2, -0.15) is 0 Å². The van der Waals surface area contributed by atoms with Crippen LogP contribution in [-0.2, 0) is 22.5 Å². The molecule has 2 rings (SSSR count). The van der Waals surface area contributed by atoms with Crippen molar-refractivity contribution in [3.63, 3.8) is 0 Å². The van der Waals surface area contributed by atoms with E-state index in [0.717, 1.165) is 23.2 Å². The quantitative estimate of drug-likeness (QED) is 0.617. The highest BCUT2D eigenvalue weighted by Crippen LogP contribution is 2.20. The number of carbonyl (C=O) groups excluding carboxylic acids is 2. The molecule has 5 nitrogen and oxygen atoms in total. The van der Waals surface area contributed by atoms with Gasteiger partial charge in [0.2, 0.25) is 0 Å². The summed E-state index contributed by atoms with van der Waals surface area (Å²) in [6.45, 7) is 5.62. The minimum absolute atomic E-state index is 0.239. The summed E-state index contributed by atoms with van der Waals surface area (Å²) in [4.78, 5) is 26.2. The van der Waals surface area contributed by atoms with E-state index in [1.165, 1.54) is 4.90 Å². The van der Waals surface area contributed by atoms with Gasteiger partial charge in [-0.3, -0.25) is 4.90 Å². The maximum Gasteiger partial charge on any atom is 0.411 e. The normalized spacial score (nSPS) is 12.2. The van der Waals surface area contributed by atoms with E-state index in [0.29, 0.717) is 11.4 Å². The number of halogens is 1. The molecule has 0 aliphatic heterocycles. The third-order valence-corrected chi connectivity index (χ3v) is 4.27. The van der Waals surface area contributed by atoms with Crippen LogP contribution in [0.15, 0.2) is 48.5 Å². The molecule has 0 bridgehead atoms. The molecule has 0 saturated heterocycles. The Morgan fingerprint density at radius 3 is 2.36 bits per heavy atom. The van der Waals surface area contributed by atoms with Crippen LogP contribution in [0.25, 0.3) is 0 Å². The Morgan fingerprint density at radius 2 is 1.82 bits per heavy atom. The van der Waals surface area contributed by atoms with Crippen molar-refractivity contribution in [3.05, 3.63) is 64.7 Å². The summed E-state index contributed by atoms with van der Waals surface area (Å²) in [6, 6.07) is 13.9. The number of carbonyl (C=O) groups is 2. The van der Waals surface area contributed by atoms with E-state index >= 15 is 0 Å². The molecule has 0 aliphatic rings. The largest absolute Gasteiger partial charge is 0.497 e. The fourth-order valence-electron chi connectivity index (χ4n) is 2.70.